The maximum atomic E-state index is 6.29. The Labute approximate surface area is 243 Å². The molecule has 196 valence electrons. The Morgan fingerprint density at radius 2 is 1.19 bits per heavy atom. The van der Waals surface area contributed by atoms with Gasteiger partial charge in [0.25, 0.3) is 0 Å². The van der Waals surface area contributed by atoms with Crippen LogP contribution in [0.3, 0.4) is 0 Å². The summed E-state index contributed by atoms with van der Waals surface area (Å²) in [6, 6.07) is 37.6. The Balaban J connectivity index is 1.26. The van der Waals surface area contributed by atoms with E-state index in [-0.39, 0.29) is 0 Å². The molecule has 0 unspecified atom stereocenters. The molecule has 0 amide bonds. The van der Waals surface area contributed by atoms with Crippen LogP contribution in [0.15, 0.2) is 126 Å². The van der Waals surface area contributed by atoms with Gasteiger partial charge in [-0.1, -0.05) is 78.9 Å². The molecule has 5 nitrogen and oxygen atoms in total. The van der Waals surface area contributed by atoms with Crippen molar-refractivity contribution in [1.82, 2.24) is 19.9 Å². The highest BCUT2D eigenvalue weighted by molar-refractivity contribution is 7.25. The summed E-state index contributed by atoms with van der Waals surface area (Å²) in [6.45, 7) is 0. The first-order valence-electron chi connectivity index (χ1n) is 13.7. The van der Waals surface area contributed by atoms with Crippen LogP contribution >= 0.6 is 11.3 Å². The van der Waals surface area contributed by atoms with Gasteiger partial charge in [-0.3, -0.25) is 4.98 Å². The van der Waals surface area contributed by atoms with Crippen LogP contribution in [0.2, 0.25) is 0 Å². The molecular formula is C36H20N4OS. The maximum Gasteiger partial charge on any atom is 0.164 e. The minimum atomic E-state index is 0.618. The van der Waals surface area contributed by atoms with E-state index in [1.807, 2.05) is 36.4 Å². The van der Waals surface area contributed by atoms with Gasteiger partial charge in [-0.25, -0.2) is 15.0 Å². The molecule has 0 fully saturated rings. The molecule has 4 heterocycles. The van der Waals surface area contributed by atoms with Gasteiger partial charge in [0, 0.05) is 59.2 Å². The van der Waals surface area contributed by atoms with E-state index in [1.165, 1.54) is 20.2 Å². The molecule has 0 aliphatic rings. The first-order valence-corrected chi connectivity index (χ1v) is 14.5. The topological polar surface area (TPSA) is 64.7 Å². The maximum absolute atomic E-state index is 6.29. The second-order valence-electron chi connectivity index (χ2n) is 10.3. The van der Waals surface area contributed by atoms with Crippen LogP contribution in [0.4, 0.5) is 0 Å². The molecule has 0 bridgehead atoms. The third-order valence-electron chi connectivity index (χ3n) is 7.82. The van der Waals surface area contributed by atoms with Crippen molar-refractivity contribution in [2.45, 2.75) is 0 Å². The van der Waals surface area contributed by atoms with Crippen molar-refractivity contribution in [3.05, 3.63) is 122 Å². The van der Waals surface area contributed by atoms with Crippen LogP contribution in [-0.4, -0.2) is 19.9 Å². The van der Waals surface area contributed by atoms with Crippen LogP contribution < -0.4 is 0 Å². The summed E-state index contributed by atoms with van der Waals surface area (Å²) in [5.41, 5.74) is 4.42. The summed E-state index contributed by atoms with van der Waals surface area (Å²) >= 11 is 1.79. The highest BCUT2D eigenvalue weighted by atomic mass is 32.1. The summed E-state index contributed by atoms with van der Waals surface area (Å²) in [6.07, 6.45) is 3.56. The first kappa shape index (κ1) is 23.3. The predicted molar refractivity (Wildman–Crippen MR) is 172 cm³/mol. The number of hydrogen-bond acceptors (Lipinski definition) is 6. The lowest BCUT2D eigenvalue weighted by Crippen LogP contribution is -2.00. The lowest BCUT2D eigenvalue weighted by molar-refractivity contribution is 0.670. The quantitative estimate of drug-likeness (QED) is 0.217. The normalized spacial score (nSPS) is 11.8. The summed E-state index contributed by atoms with van der Waals surface area (Å²) in [5, 5.41) is 6.74. The molecule has 0 aliphatic heterocycles. The fourth-order valence-corrected chi connectivity index (χ4v) is 6.91. The van der Waals surface area contributed by atoms with Gasteiger partial charge >= 0.3 is 0 Å². The number of nitrogens with zero attached hydrogens (tertiary/aromatic N) is 4. The van der Waals surface area contributed by atoms with E-state index in [0.717, 1.165) is 49.4 Å². The minimum absolute atomic E-state index is 0.618. The SMILES string of the molecule is c1ccc(-c2nc(-c3ccc4c(c3)sc3ccccc34)nc(-c3ccc4ccc5c6ccncc6oc5c4c3)n2)cc1. The van der Waals surface area contributed by atoms with E-state index in [4.69, 9.17) is 19.4 Å². The molecule has 6 heteroatoms. The molecule has 0 N–H and O–H groups in total. The van der Waals surface area contributed by atoms with Gasteiger partial charge in [-0.2, -0.15) is 0 Å². The van der Waals surface area contributed by atoms with Crippen molar-refractivity contribution in [1.29, 1.82) is 0 Å². The van der Waals surface area contributed by atoms with E-state index in [9.17, 15) is 0 Å². The number of fused-ring (bicyclic) bond motifs is 8. The molecule has 0 saturated carbocycles. The molecule has 0 atom stereocenters. The third kappa shape index (κ3) is 3.62. The van der Waals surface area contributed by atoms with Crippen LogP contribution in [-0.2, 0) is 0 Å². The van der Waals surface area contributed by atoms with Crippen molar-refractivity contribution < 1.29 is 4.42 Å². The van der Waals surface area contributed by atoms with E-state index in [0.29, 0.717) is 17.5 Å². The summed E-state index contributed by atoms with van der Waals surface area (Å²) in [4.78, 5) is 19.2. The highest BCUT2D eigenvalue weighted by Gasteiger charge is 2.16. The molecule has 9 aromatic rings. The van der Waals surface area contributed by atoms with Gasteiger partial charge in [0.1, 0.15) is 5.58 Å². The van der Waals surface area contributed by atoms with Gasteiger partial charge in [0.05, 0.1) is 6.20 Å². The lowest BCUT2D eigenvalue weighted by atomic mass is 10.0. The molecule has 5 aromatic carbocycles. The van der Waals surface area contributed by atoms with Gasteiger partial charge in [0.15, 0.2) is 23.1 Å². The summed E-state index contributed by atoms with van der Waals surface area (Å²) in [5.74, 6) is 1.90. The van der Waals surface area contributed by atoms with Crippen LogP contribution in [0.5, 0.6) is 0 Å². The molecule has 0 radical (unpaired) electrons. The molecular weight excluding hydrogens is 536 g/mol. The zero-order chi connectivity index (χ0) is 27.6. The minimum Gasteiger partial charge on any atom is -0.454 e. The highest BCUT2D eigenvalue weighted by Crippen LogP contribution is 2.38. The molecule has 9 rings (SSSR count). The van der Waals surface area contributed by atoms with E-state index in [1.54, 1.807) is 23.7 Å². The molecule has 42 heavy (non-hydrogen) atoms. The van der Waals surface area contributed by atoms with Crippen molar-refractivity contribution in [3.8, 4) is 34.2 Å². The van der Waals surface area contributed by atoms with Crippen LogP contribution in [0.1, 0.15) is 0 Å². The van der Waals surface area contributed by atoms with Crippen molar-refractivity contribution in [2.24, 2.45) is 0 Å². The number of thiophene rings is 1. The number of aromatic nitrogens is 4. The summed E-state index contributed by atoms with van der Waals surface area (Å²) in [7, 11) is 0. The Hall–Kier alpha value is -5.46. The largest absolute Gasteiger partial charge is 0.454 e. The number of furan rings is 1. The number of benzene rings is 5. The Bertz CT molecular complexity index is 2480. The zero-order valence-corrected chi connectivity index (χ0v) is 23.0. The molecule has 0 saturated heterocycles. The fraction of sp³-hybridized carbons (Fsp3) is 0. The average Bonchev–Trinajstić information content (AvgIpc) is 3.63. The van der Waals surface area contributed by atoms with Crippen LogP contribution in [0.25, 0.3) is 87.0 Å². The van der Waals surface area contributed by atoms with Crippen LogP contribution in [0, 0.1) is 0 Å². The first-order chi connectivity index (χ1) is 20.8. The summed E-state index contributed by atoms with van der Waals surface area (Å²) < 4.78 is 8.78. The fourth-order valence-electron chi connectivity index (χ4n) is 5.76. The average molecular weight is 557 g/mol. The van der Waals surface area contributed by atoms with E-state index in [2.05, 4.69) is 77.8 Å². The predicted octanol–water partition coefficient (Wildman–Crippen LogP) is 9.69. The van der Waals surface area contributed by atoms with Crippen molar-refractivity contribution >= 4 is 64.2 Å². The second-order valence-corrected chi connectivity index (χ2v) is 11.4. The van der Waals surface area contributed by atoms with Gasteiger partial charge in [-0.15, -0.1) is 11.3 Å². The van der Waals surface area contributed by atoms with Crippen molar-refractivity contribution in [3.63, 3.8) is 0 Å². The monoisotopic (exact) mass is 556 g/mol. The third-order valence-corrected chi connectivity index (χ3v) is 8.95. The molecule has 0 aliphatic carbocycles. The van der Waals surface area contributed by atoms with Gasteiger partial charge in [0.2, 0.25) is 0 Å². The van der Waals surface area contributed by atoms with Gasteiger partial charge in [-0.05, 0) is 35.7 Å². The Morgan fingerprint density at radius 3 is 2.07 bits per heavy atom. The Morgan fingerprint density at radius 1 is 0.500 bits per heavy atom. The molecule has 4 aromatic heterocycles. The Kier molecular flexibility index (Phi) is 5.00. The van der Waals surface area contributed by atoms with Crippen molar-refractivity contribution in [2.75, 3.05) is 0 Å². The van der Waals surface area contributed by atoms with Gasteiger partial charge < -0.3 is 4.42 Å². The van der Waals surface area contributed by atoms with E-state index < -0.39 is 0 Å². The standard InChI is InChI=1S/C36H20N4OS/c1-2-6-22(7-3-1)34-38-35(40-36(39-34)24-13-14-27-26-8-4-5-9-31(26)42-32(27)19-24)23-11-10-21-12-15-28-25-16-17-37-20-30(25)41-33(28)29(21)18-23/h1-20H. The smallest absolute Gasteiger partial charge is 0.164 e. The van der Waals surface area contributed by atoms with E-state index >= 15 is 0 Å². The second kappa shape index (κ2) is 9.03. The number of pyridine rings is 1. The number of rotatable bonds is 3. The number of hydrogen-bond donors (Lipinski definition) is 0. The lowest BCUT2D eigenvalue weighted by Gasteiger charge is -2.09. The zero-order valence-electron chi connectivity index (χ0n) is 22.2. The molecule has 0 spiro atoms.